The molecule has 0 fully saturated rings. The molecular formula is C52H34N4O. The van der Waals surface area contributed by atoms with Crippen LogP contribution in [-0.2, 0) is 5.41 Å². The number of rotatable bonds is 4. The van der Waals surface area contributed by atoms with Crippen LogP contribution in [0.5, 0.6) is 11.5 Å². The molecule has 2 aliphatic heterocycles. The number of nitrogens with zero attached hydrogens (tertiary/aromatic N) is 3. The molecule has 1 N–H and O–H groups in total. The molecule has 5 nitrogen and oxygen atoms in total. The van der Waals surface area contributed by atoms with E-state index in [-0.39, 0.29) is 0 Å². The number of nitrogens with one attached hydrogen (secondary N) is 1. The van der Waals surface area contributed by atoms with E-state index >= 15 is 0 Å². The van der Waals surface area contributed by atoms with Gasteiger partial charge in [0, 0.05) is 44.3 Å². The fraction of sp³-hybridized carbons (Fsp3) is 0.0385. The van der Waals surface area contributed by atoms with Crippen LogP contribution in [0.1, 0.15) is 45.1 Å². The first-order chi connectivity index (χ1) is 28.3. The number of hydrogen-bond acceptors (Lipinski definition) is 4. The van der Waals surface area contributed by atoms with Gasteiger partial charge in [0.2, 0.25) is 0 Å². The van der Waals surface area contributed by atoms with Crippen molar-refractivity contribution in [2.45, 2.75) is 11.6 Å². The fourth-order valence-corrected chi connectivity index (χ4v) is 9.52. The maximum Gasteiger partial charge on any atom is 0.169 e. The first kappa shape index (κ1) is 31.8. The van der Waals surface area contributed by atoms with E-state index in [2.05, 4.69) is 198 Å². The third-order valence-electron chi connectivity index (χ3n) is 11.9. The highest BCUT2D eigenvalue weighted by Gasteiger charge is 2.51. The van der Waals surface area contributed by atoms with Gasteiger partial charge in [-0.1, -0.05) is 152 Å². The zero-order chi connectivity index (χ0) is 37.5. The van der Waals surface area contributed by atoms with Gasteiger partial charge in [-0.25, -0.2) is 9.98 Å². The largest absolute Gasteiger partial charge is 0.457 e. The van der Waals surface area contributed by atoms with Crippen LogP contribution in [0.15, 0.2) is 204 Å². The average Bonchev–Trinajstić information content (AvgIpc) is 3.77. The van der Waals surface area contributed by atoms with E-state index in [1.54, 1.807) is 0 Å². The summed E-state index contributed by atoms with van der Waals surface area (Å²) >= 11 is 0. The van der Waals surface area contributed by atoms with Crippen LogP contribution in [0.4, 0.5) is 0 Å². The van der Waals surface area contributed by atoms with Crippen LogP contribution in [0.25, 0.3) is 38.6 Å². The van der Waals surface area contributed by atoms with Crippen molar-refractivity contribution in [1.29, 1.82) is 0 Å². The summed E-state index contributed by atoms with van der Waals surface area (Å²) in [6.07, 6.45) is -0.478. The minimum atomic E-state index is -0.574. The Kier molecular flexibility index (Phi) is 6.84. The number of hydrogen-bond donors (Lipinski definition) is 1. The maximum absolute atomic E-state index is 6.60. The average molecular weight is 731 g/mol. The number of aliphatic imine (C=N–C) groups is 2. The highest BCUT2D eigenvalue weighted by atomic mass is 16.5. The van der Waals surface area contributed by atoms with Crippen molar-refractivity contribution < 1.29 is 4.74 Å². The summed E-state index contributed by atoms with van der Waals surface area (Å²) in [5, 5.41) is 6.15. The molecule has 3 aliphatic rings. The molecule has 268 valence electrons. The maximum atomic E-state index is 6.60. The van der Waals surface area contributed by atoms with E-state index in [1.165, 1.54) is 44.1 Å². The van der Waals surface area contributed by atoms with Crippen LogP contribution in [0, 0.1) is 0 Å². The summed E-state index contributed by atoms with van der Waals surface area (Å²) in [6, 6.07) is 68.9. The van der Waals surface area contributed by atoms with Crippen LogP contribution >= 0.6 is 0 Å². The third-order valence-corrected chi connectivity index (χ3v) is 11.9. The molecule has 0 saturated carbocycles. The first-order valence-corrected chi connectivity index (χ1v) is 19.4. The van der Waals surface area contributed by atoms with Gasteiger partial charge in [0.25, 0.3) is 0 Å². The molecule has 0 amide bonds. The molecule has 1 atom stereocenters. The van der Waals surface area contributed by atoms with Gasteiger partial charge in [0.05, 0.1) is 16.4 Å². The second-order valence-electron chi connectivity index (χ2n) is 14.9. The molecule has 57 heavy (non-hydrogen) atoms. The number of amidine groups is 2. The normalized spacial score (nSPS) is 15.8. The third kappa shape index (κ3) is 4.63. The van der Waals surface area contributed by atoms with Gasteiger partial charge in [-0.05, 0) is 64.7 Å². The van der Waals surface area contributed by atoms with Crippen LogP contribution in [-0.4, -0.2) is 16.2 Å². The van der Waals surface area contributed by atoms with Crippen molar-refractivity contribution in [2.24, 2.45) is 9.98 Å². The molecule has 1 aliphatic carbocycles. The number of aromatic nitrogens is 1. The summed E-state index contributed by atoms with van der Waals surface area (Å²) in [5.74, 6) is 3.31. The van der Waals surface area contributed by atoms with E-state index in [4.69, 9.17) is 14.7 Å². The van der Waals surface area contributed by atoms with Crippen LogP contribution in [0.2, 0.25) is 0 Å². The molecule has 0 saturated heterocycles. The molecule has 9 aromatic rings. The minimum Gasteiger partial charge on any atom is -0.457 e. The van der Waals surface area contributed by atoms with Gasteiger partial charge < -0.3 is 14.6 Å². The molecule has 3 heterocycles. The van der Waals surface area contributed by atoms with Crippen LogP contribution in [0.3, 0.4) is 0 Å². The molecule has 1 aromatic heterocycles. The Morgan fingerprint density at radius 3 is 1.75 bits per heavy atom. The minimum absolute atomic E-state index is 0.478. The predicted molar refractivity (Wildman–Crippen MR) is 230 cm³/mol. The number of fused-ring (bicyclic) bond motifs is 12. The lowest BCUT2D eigenvalue weighted by Gasteiger charge is -2.39. The van der Waals surface area contributed by atoms with Crippen molar-refractivity contribution in [2.75, 3.05) is 0 Å². The van der Waals surface area contributed by atoms with Gasteiger partial charge in [-0.3, -0.25) is 0 Å². The topological polar surface area (TPSA) is 50.9 Å². The van der Waals surface area contributed by atoms with E-state index in [0.29, 0.717) is 0 Å². The van der Waals surface area contributed by atoms with E-state index in [9.17, 15) is 0 Å². The Bertz CT molecular complexity index is 3060. The molecule has 1 unspecified atom stereocenters. The van der Waals surface area contributed by atoms with Crippen molar-refractivity contribution in [3.05, 3.63) is 233 Å². The first-order valence-electron chi connectivity index (χ1n) is 19.4. The summed E-state index contributed by atoms with van der Waals surface area (Å²) in [4.78, 5) is 10.7. The Morgan fingerprint density at radius 2 is 1.04 bits per heavy atom. The number of benzene rings is 8. The second-order valence-corrected chi connectivity index (χ2v) is 14.9. The van der Waals surface area contributed by atoms with Crippen molar-refractivity contribution >= 4 is 33.5 Å². The summed E-state index contributed by atoms with van der Waals surface area (Å²) < 4.78 is 8.95. The van der Waals surface area contributed by atoms with Crippen molar-refractivity contribution in [3.63, 3.8) is 0 Å². The predicted octanol–water partition coefficient (Wildman–Crippen LogP) is 11.7. The highest BCUT2D eigenvalue weighted by molar-refractivity contribution is 6.16. The Balaban J connectivity index is 1.05. The molecule has 0 radical (unpaired) electrons. The fourth-order valence-electron chi connectivity index (χ4n) is 9.52. The lowest BCUT2D eigenvalue weighted by Crippen LogP contribution is -2.36. The number of ether oxygens (including phenoxy) is 1. The Morgan fingerprint density at radius 1 is 0.456 bits per heavy atom. The lowest BCUT2D eigenvalue weighted by molar-refractivity contribution is 0.436. The smallest absolute Gasteiger partial charge is 0.169 e. The summed E-state index contributed by atoms with van der Waals surface area (Å²) in [6.45, 7) is 0. The van der Waals surface area contributed by atoms with E-state index < -0.39 is 11.6 Å². The molecule has 0 bridgehead atoms. The zero-order valence-electron chi connectivity index (χ0n) is 30.8. The zero-order valence-corrected chi connectivity index (χ0v) is 30.8. The quantitative estimate of drug-likeness (QED) is 0.196. The SMILES string of the molecule is c1ccc(C2=NC(c3cccc(-n4c5ccccc5c5ccccc54)c3)N=C(c3ccc4c(c3)C3(c5ccccc5Oc5ccccc53)c3ccccc3-4)N2)cc1. The standard InChI is InChI=1S/C52H34N4O/c1-2-15-33(16-3-1)49-53-50(34-17-14-18-36(31-34)56-45-25-10-5-20-39(45)40-21-6-11-26-46(40)56)55-51(54-49)35-29-30-38-37-19-4-7-22-41(37)52(44(38)32-35)42-23-8-12-27-47(42)57-48-28-13-9-24-43(48)52/h1-32,50H,(H,53,54,55). The van der Waals surface area contributed by atoms with Gasteiger partial charge in [0.15, 0.2) is 6.17 Å². The lowest BCUT2D eigenvalue weighted by atomic mass is 9.66. The van der Waals surface area contributed by atoms with Gasteiger partial charge in [-0.15, -0.1) is 0 Å². The van der Waals surface area contributed by atoms with Gasteiger partial charge >= 0.3 is 0 Å². The Labute approximate surface area is 329 Å². The molecule has 1 spiro atoms. The van der Waals surface area contributed by atoms with Crippen molar-refractivity contribution in [1.82, 2.24) is 9.88 Å². The van der Waals surface area contributed by atoms with Gasteiger partial charge in [0.1, 0.15) is 23.2 Å². The number of para-hydroxylation sites is 4. The second kappa shape index (κ2) is 12.3. The van der Waals surface area contributed by atoms with E-state index in [1.807, 2.05) is 6.07 Å². The monoisotopic (exact) mass is 730 g/mol. The molecule has 8 aromatic carbocycles. The Hall–Kier alpha value is -7.50. The van der Waals surface area contributed by atoms with Gasteiger partial charge in [-0.2, -0.15) is 0 Å². The molecular weight excluding hydrogens is 697 g/mol. The van der Waals surface area contributed by atoms with Crippen molar-refractivity contribution in [3.8, 4) is 28.3 Å². The molecule has 12 rings (SSSR count). The summed E-state index contributed by atoms with van der Waals surface area (Å²) in [7, 11) is 0. The molecule has 5 heteroatoms. The van der Waals surface area contributed by atoms with Crippen LogP contribution < -0.4 is 10.1 Å². The van der Waals surface area contributed by atoms with E-state index in [0.717, 1.165) is 56.7 Å². The summed E-state index contributed by atoms with van der Waals surface area (Å²) in [5.41, 5.74) is 13.0. The highest BCUT2D eigenvalue weighted by Crippen LogP contribution is 2.62.